The molecule has 0 bridgehead atoms. The molecule has 1 aliphatic rings. The summed E-state index contributed by atoms with van der Waals surface area (Å²) in [5, 5.41) is 3.03. The Morgan fingerprint density at radius 2 is 1.58 bits per heavy atom. The third-order valence-electron chi connectivity index (χ3n) is 4.91. The predicted octanol–water partition coefficient (Wildman–Crippen LogP) is 4.10. The van der Waals surface area contributed by atoms with Gasteiger partial charge in [-0.2, -0.15) is 0 Å². The van der Waals surface area contributed by atoms with E-state index in [2.05, 4.69) is 11.4 Å². The molecule has 1 aliphatic heterocycles. The normalized spacial score (nSPS) is 15.0. The van der Waals surface area contributed by atoms with Gasteiger partial charge in [0, 0.05) is 30.3 Å². The average Bonchev–Trinajstić information content (AvgIpc) is 2.60. The molecule has 136 valence electrons. The van der Waals surface area contributed by atoms with E-state index in [1.54, 1.807) is 0 Å². The van der Waals surface area contributed by atoms with E-state index in [0.717, 1.165) is 27.9 Å². The van der Waals surface area contributed by atoms with E-state index in [1.165, 1.54) is 0 Å². The van der Waals surface area contributed by atoms with E-state index in [-0.39, 0.29) is 17.7 Å². The average molecular weight is 350 g/mol. The lowest BCUT2D eigenvalue weighted by Gasteiger charge is -2.31. The van der Waals surface area contributed by atoms with Gasteiger partial charge in [0.2, 0.25) is 5.91 Å². The molecular weight excluding hydrogens is 324 g/mol. The third-order valence-corrected chi connectivity index (χ3v) is 4.91. The van der Waals surface area contributed by atoms with Crippen molar-refractivity contribution < 1.29 is 9.59 Å². The van der Waals surface area contributed by atoms with Crippen LogP contribution in [0.5, 0.6) is 0 Å². The van der Waals surface area contributed by atoms with Crippen LogP contribution >= 0.6 is 0 Å². The Morgan fingerprint density at radius 1 is 0.923 bits per heavy atom. The molecular formula is C22H26N2O2. The zero-order valence-electron chi connectivity index (χ0n) is 15.7. The number of hydrogen-bond acceptors (Lipinski definition) is 2. The van der Waals surface area contributed by atoms with Gasteiger partial charge in [-0.05, 0) is 69.0 Å². The minimum absolute atomic E-state index is 0.0441. The third kappa shape index (κ3) is 4.31. The van der Waals surface area contributed by atoms with Crippen LogP contribution in [0.25, 0.3) is 0 Å². The van der Waals surface area contributed by atoms with Gasteiger partial charge < -0.3 is 10.2 Å². The summed E-state index contributed by atoms with van der Waals surface area (Å²) in [5.74, 6) is 0.0666. The predicted molar refractivity (Wildman–Crippen MR) is 104 cm³/mol. The van der Waals surface area contributed by atoms with Crippen LogP contribution in [0.1, 0.15) is 39.9 Å². The smallest absolute Gasteiger partial charge is 0.253 e. The molecule has 0 unspecified atom stereocenters. The number of nitrogens with zero attached hydrogens (tertiary/aromatic N) is 1. The Hall–Kier alpha value is -2.62. The molecule has 0 spiro atoms. The molecule has 2 aromatic carbocycles. The van der Waals surface area contributed by atoms with Gasteiger partial charge in [-0.3, -0.25) is 9.59 Å². The van der Waals surface area contributed by atoms with Gasteiger partial charge in [-0.25, -0.2) is 0 Å². The molecule has 2 amide bonds. The summed E-state index contributed by atoms with van der Waals surface area (Å²) >= 11 is 0. The number of likely N-dealkylation sites (tertiary alicyclic amines) is 1. The summed E-state index contributed by atoms with van der Waals surface area (Å²) < 4.78 is 0. The molecule has 1 heterocycles. The fraction of sp³-hybridized carbons (Fsp3) is 0.364. The molecule has 1 N–H and O–H groups in total. The van der Waals surface area contributed by atoms with E-state index in [9.17, 15) is 9.59 Å². The Labute approximate surface area is 155 Å². The van der Waals surface area contributed by atoms with E-state index >= 15 is 0 Å². The number of piperidine rings is 1. The van der Waals surface area contributed by atoms with Crippen molar-refractivity contribution in [2.45, 2.75) is 33.6 Å². The van der Waals surface area contributed by atoms with Crippen LogP contribution in [0.3, 0.4) is 0 Å². The van der Waals surface area contributed by atoms with Crippen molar-refractivity contribution in [1.29, 1.82) is 0 Å². The zero-order chi connectivity index (χ0) is 18.7. The molecule has 1 fully saturated rings. The number of anilines is 1. The Bertz CT molecular complexity index is 800. The molecule has 0 atom stereocenters. The monoisotopic (exact) mass is 350 g/mol. The van der Waals surface area contributed by atoms with Crippen LogP contribution in [0.4, 0.5) is 5.69 Å². The molecule has 0 saturated carbocycles. The fourth-order valence-corrected chi connectivity index (χ4v) is 3.60. The van der Waals surface area contributed by atoms with Crippen LogP contribution in [0.2, 0.25) is 0 Å². The first-order valence-corrected chi connectivity index (χ1v) is 9.17. The standard InChI is InChI=1S/C22H26N2O2/c1-15-5-4-6-19(12-15)22(26)24-9-7-18(8-10-24)21(25)23-20-13-16(2)11-17(3)14-20/h4-6,11-14,18H,7-10H2,1-3H3,(H,23,25). The van der Waals surface area contributed by atoms with Crippen molar-refractivity contribution in [2.24, 2.45) is 5.92 Å². The van der Waals surface area contributed by atoms with Gasteiger partial charge in [0.1, 0.15) is 0 Å². The van der Waals surface area contributed by atoms with Gasteiger partial charge in [-0.15, -0.1) is 0 Å². The lowest BCUT2D eigenvalue weighted by molar-refractivity contribution is -0.121. The second kappa shape index (κ2) is 7.73. The molecule has 1 saturated heterocycles. The Balaban J connectivity index is 1.57. The Kier molecular flexibility index (Phi) is 5.40. The highest BCUT2D eigenvalue weighted by molar-refractivity contribution is 5.95. The maximum atomic E-state index is 12.6. The van der Waals surface area contributed by atoms with Crippen LogP contribution in [-0.4, -0.2) is 29.8 Å². The minimum atomic E-state index is -0.0441. The summed E-state index contributed by atoms with van der Waals surface area (Å²) in [6.45, 7) is 7.28. The molecule has 4 heteroatoms. The fourth-order valence-electron chi connectivity index (χ4n) is 3.60. The topological polar surface area (TPSA) is 49.4 Å². The van der Waals surface area contributed by atoms with Crippen LogP contribution in [0, 0.1) is 26.7 Å². The van der Waals surface area contributed by atoms with Crippen molar-refractivity contribution in [3.05, 3.63) is 64.7 Å². The SMILES string of the molecule is Cc1cc(C)cc(NC(=O)C2CCN(C(=O)c3cccc(C)c3)CC2)c1. The van der Waals surface area contributed by atoms with Crippen LogP contribution < -0.4 is 5.32 Å². The minimum Gasteiger partial charge on any atom is -0.339 e. The first kappa shape index (κ1) is 18.2. The second-order valence-corrected chi connectivity index (χ2v) is 7.30. The number of amides is 2. The largest absolute Gasteiger partial charge is 0.339 e. The maximum Gasteiger partial charge on any atom is 0.253 e. The van der Waals surface area contributed by atoms with Crippen LogP contribution in [-0.2, 0) is 4.79 Å². The van der Waals surface area contributed by atoms with Gasteiger partial charge >= 0.3 is 0 Å². The second-order valence-electron chi connectivity index (χ2n) is 7.30. The molecule has 0 aromatic heterocycles. The van der Waals surface area contributed by atoms with Gasteiger partial charge in [0.05, 0.1) is 0 Å². The number of nitrogens with one attached hydrogen (secondary N) is 1. The number of carbonyl (C=O) groups excluding carboxylic acids is 2. The number of aryl methyl sites for hydroxylation is 3. The van der Waals surface area contributed by atoms with E-state index in [1.807, 2.05) is 62.1 Å². The lowest BCUT2D eigenvalue weighted by atomic mass is 9.95. The number of benzene rings is 2. The first-order valence-electron chi connectivity index (χ1n) is 9.17. The highest BCUT2D eigenvalue weighted by Gasteiger charge is 2.28. The van der Waals surface area contributed by atoms with Gasteiger partial charge in [0.25, 0.3) is 5.91 Å². The van der Waals surface area contributed by atoms with Crippen molar-refractivity contribution in [3.63, 3.8) is 0 Å². The van der Waals surface area contributed by atoms with Crippen LogP contribution in [0.15, 0.2) is 42.5 Å². The molecule has 2 aromatic rings. The van der Waals surface area contributed by atoms with E-state index in [0.29, 0.717) is 25.9 Å². The van der Waals surface area contributed by atoms with Gasteiger partial charge in [0.15, 0.2) is 0 Å². The Morgan fingerprint density at radius 3 is 2.19 bits per heavy atom. The highest BCUT2D eigenvalue weighted by Crippen LogP contribution is 2.22. The molecule has 0 radical (unpaired) electrons. The van der Waals surface area contributed by atoms with Crippen molar-refractivity contribution in [3.8, 4) is 0 Å². The number of rotatable bonds is 3. The lowest BCUT2D eigenvalue weighted by Crippen LogP contribution is -2.41. The van der Waals surface area contributed by atoms with Crippen molar-refractivity contribution in [1.82, 2.24) is 4.90 Å². The van der Waals surface area contributed by atoms with E-state index in [4.69, 9.17) is 0 Å². The molecule has 4 nitrogen and oxygen atoms in total. The summed E-state index contributed by atoms with van der Waals surface area (Å²) in [5.41, 5.74) is 4.94. The maximum absolute atomic E-state index is 12.6. The zero-order valence-corrected chi connectivity index (χ0v) is 15.7. The molecule has 26 heavy (non-hydrogen) atoms. The highest BCUT2D eigenvalue weighted by atomic mass is 16.2. The summed E-state index contributed by atoms with van der Waals surface area (Å²) in [6.07, 6.45) is 1.41. The number of hydrogen-bond donors (Lipinski definition) is 1. The quantitative estimate of drug-likeness (QED) is 0.906. The molecule has 0 aliphatic carbocycles. The van der Waals surface area contributed by atoms with Gasteiger partial charge in [-0.1, -0.05) is 23.8 Å². The number of carbonyl (C=O) groups is 2. The van der Waals surface area contributed by atoms with Crippen molar-refractivity contribution in [2.75, 3.05) is 18.4 Å². The van der Waals surface area contributed by atoms with E-state index < -0.39 is 0 Å². The summed E-state index contributed by atoms with van der Waals surface area (Å²) in [7, 11) is 0. The first-order chi connectivity index (χ1) is 12.4. The summed E-state index contributed by atoms with van der Waals surface area (Å²) in [6, 6.07) is 13.7. The summed E-state index contributed by atoms with van der Waals surface area (Å²) in [4.78, 5) is 27.0. The van der Waals surface area contributed by atoms with Crippen molar-refractivity contribution >= 4 is 17.5 Å². The molecule has 3 rings (SSSR count).